The fraction of sp³-hybridized carbons (Fsp3) is 0.529. The minimum Gasteiger partial charge on any atom is -0.426 e. The van der Waals surface area contributed by atoms with Gasteiger partial charge in [-0.2, -0.15) is 0 Å². The smallest absolute Gasteiger partial charge is 0.426 e. The van der Waals surface area contributed by atoms with Crippen LogP contribution in [0.3, 0.4) is 0 Å². The Kier molecular flexibility index (Phi) is 7.42. The molecule has 0 bridgehead atoms. The minimum atomic E-state index is -1.66. The number of ether oxygens (including phenoxy) is 1. The maximum Gasteiger partial charge on any atom is 0.475 e. The van der Waals surface area contributed by atoms with Crippen molar-refractivity contribution in [3.05, 3.63) is 35.4 Å². The molecule has 1 heterocycles. The number of hydrogen-bond donors (Lipinski definition) is 3. The summed E-state index contributed by atoms with van der Waals surface area (Å²) < 4.78 is 5.05. The van der Waals surface area contributed by atoms with Crippen LogP contribution in [0.25, 0.3) is 0 Å². The first-order valence-corrected chi connectivity index (χ1v) is 8.49. The Balaban J connectivity index is 1.84. The first-order valence-electron chi connectivity index (χ1n) is 8.49. The van der Waals surface area contributed by atoms with Crippen molar-refractivity contribution < 1.29 is 24.4 Å². The summed E-state index contributed by atoms with van der Waals surface area (Å²) in [6.45, 7) is 1.56. The lowest BCUT2D eigenvalue weighted by Crippen LogP contribution is -2.48. The van der Waals surface area contributed by atoms with Gasteiger partial charge in [-0.3, -0.25) is 9.59 Å². The first-order chi connectivity index (χ1) is 12.0. The van der Waals surface area contributed by atoms with Crippen LogP contribution < -0.4 is 5.32 Å². The molecule has 1 aliphatic rings. The van der Waals surface area contributed by atoms with Crippen LogP contribution in [0, 0.1) is 0 Å². The Labute approximate surface area is 148 Å². The summed E-state index contributed by atoms with van der Waals surface area (Å²) in [5.74, 6) is -1.02. The number of rotatable bonds is 9. The van der Waals surface area contributed by atoms with E-state index in [9.17, 15) is 19.6 Å². The third kappa shape index (κ3) is 6.15. The van der Waals surface area contributed by atoms with Gasteiger partial charge in [-0.25, -0.2) is 0 Å². The van der Waals surface area contributed by atoms with Crippen molar-refractivity contribution in [2.75, 3.05) is 20.2 Å². The van der Waals surface area contributed by atoms with E-state index in [4.69, 9.17) is 4.74 Å². The van der Waals surface area contributed by atoms with Gasteiger partial charge >= 0.3 is 7.12 Å². The minimum absolute atomic E-state index is 0.0719. The molecule has 1 aliphatic heterocycles. The van der Waals surface area contributed by atoms with Gasteiger partial charge in [-0.1, -0.05) is 24.3 Å². The molecule has 1 atom stereocenters. The van der Waals surface area contributed by atoms with E-state index in [2.05, 4.69) is 5.32 Å². The summed E-state index contributed by atoms with van der Waals surface area (Å²) >= 11 is 0. The lowest BCUT2D eigenvalue weighted by Gasteiger charge is -2.20. The van der Waals surface area contributed by atoms with Crippen LogP contribution in [0.1, 0.15) is 30.4 Å². The van der Waals surface area contributed by atoms with E-state index < -0.39 is 13.1 Å². The Morgan fingerprint density at radius 1 is 1.32 bits per heavy atom. The second-order valence-electron chi connectivity index (χ2n) is 6.28. The zero-order chi connectivity index (χ0) is 18.2. The number of carbonyl (C=O) groups excluding carboxylic acids is 2. The van der Waals surface area contributed by atoms with Gasteiger partial charge < -0.3 is 25.0 Å². The lowest BCUT2D eigenvalue weighted by molar-refractivity contribution is -0.128. The molecular weight excluding hydrogens is 323 g/mol. The van der Waals surface area contributed by atoms with E-state index in [1.807, 2.05) is 24.3 Å². The standard InChI is InChI=1S/C17H25BN2O5/c1-25-12-14-6-4-13(5-7-14)11-15(18(23)24)19-16(21)8-10-20-9-2-3-17(20)22/h4-7,15,23-24H,2-3,8-12H2,1H3,(H,19,21). The first kappa shape index (κ1) is 19.4. The Bertz CT molecular complexity index is 579. The van der Waals surface area contributed by atoms with Gasteiger partial charge in [0.1, 0.15) is 0 Å². The van der Waals surface area contributed by atoms with Crippen LogP contribution in [-0.2, 0) is 27.4 Å². The number of likely N-dealkylation sites (tertiary alicyclic amines) is 1. The summed E-state index contributed by atoms with van der Waals surface area (Å²) in [4.78, 5) is 25.3. The van der Waals surface area contributed by atoms with Gasteiger partial charge in [0, 0.05) is 33.0 Å². The SMILES string of the molecule is COCc1ccc(CC(NC(=O)CCN2CCCC2=O)B(O)O)cc1. The number of hydrogen-bond acceptors (Lipinski definition) is 5. The molecule has 25 heavy (non-hydrogen) atoms. The van der Waals surface area contributed by atoms with Crippen molar-refractivity contribution in [3.63, 3.8) is 0 Å². The maximum atomic E-state index is 12.1. The molecule has 1 saturated heterocycles. The zero-order valence-electron chi connectivity index (χ0n) is 14.5. The molecule has 1 aromatic carbocycles. The van der Waals surface area contributed by atoms with Crippen LogP contribution in [0.5, 0.6) is 0 Å². The average molecular weight is 348 g/mol. The third-order valence-electron chi connectivity index (χ3n) is 4.28. The van der Waals surface area contributed by atoms with Crippen LogP contribution in [0.15, 0.2) is 24.3 Å². The van der Waals surface area contributed by atoms with Gasteiger partial charge in [-0.05, 0) is 24.0 Å². The topological polar surface area (TPSA) is 99.1 Å². The molecular formula is C17H25BN2O5. The quantitative estimate of drug-likeness (QED) is 0.541. The lowest BCUT2D eigenvalue weighted by atomic mass is 9.76. The monoisotopic (exact) mass is 348 g/mol. The highest BCUT2D eigenvalue weighted by Gasteiger charge is 2.26. The Morgan fingerprint density at radius 2 is 2.00 bits per heavy atom. The van der Waals surface area contributed by atoms with Gasteiger partial charge in [0.2, 0.25) is 11.8 Å². The summed E-state index contributed by atoms with van der Waals surface area (Å²) in [7, 11) is -0.0341. The van der Waals surface area contributed by atoms with E-state index >= 15 is 0 Å². The highest BCUT2D eigenvalue weighted by Crippen LogP contribution is 2.11. The van der Waals surface area contributed by atoms with Crippen molar-refractivity contribution in [1.29, 1.82) is 0 Å². The number of nitrogens with zero attached hydrogens (tertiary/aromatic N) is 1. The zero-order valence-corrected chi connectivity index (χ0v) is 14.5. The summed E-state index contributed by atoms with van der Waals surface area (Å²) in [6.07, 6.45) is 1.83. The molecule has 2 amide bonds. The van der Waals surface area contributed by atoms with Crippen molar-refractivity contribution >= 4 is 18.9 Å². The van der Waals surface area contributed by atoms with Gasteiger partial charge in [-0.15, -0.1) is 0 Å². The highest BCUT2D eigenvalue weighted by molar-refractivity contribution is 6.43. The van der Waals surface area contributed by atoms with Crippen LogP contribution in [0.4, 0.5) is 0 Å². The molecule has 3 N–H and O–H groups in total. The molecule has 0 saturated carbocycles. The molecule has 136 valence electrons. The Morgan fingerprint density at radius 3 is 2.56 bits per heavy atom. The third-order valence-corrected chi connectivity index (χ3v) is 4.28. The summed E-state index contributed by atoms with van der Waals surface area (Å²) in [5, 5.41) is 21.7. The van der Waals surface area contributed by atoms with Crippen LogP contribution in [-0.4, -0.2) is 60.0 Å². The van der Waals surface area contributed by atoms with Gasteiger partial charge in [0.15, 0.2) is 0 Å². The molecule has 8 heteroatoms. The second kappa shape index (κ2) is 9.55. The highest BCUT2D eigenvalue weighted by atomic mass is 16.5. The van der Waals surface area contributed by atoms with Gasteiger partial charge in [0.05, 0.1) is 12.5 Å². The molecule has 0 spiro atoms. The summed E-state index contributed by atoms with van der Waals surface area (Å²) in [6, 6.07) is 7.55. The number of amides is 2. The van der Waals surface area contributed by atoms with Crippen molar-refractivity contribution in [1.82, 2.24) is 10.2 Å². The van der Waals surface area contributed by atoms with E-state index in [0.29, 0.717) is 32.5 Å². The fourth-order valence-corrected chi connectivity index (χ4v) is 2.88. The summed E-state index contributed by atoms with van der Waals surface area (Å²) in [5.41, 5.74) is 1.90. The molecule has 0 radical (unpaired) electrons. The van der Waals surface area contributed by atoms with Crippen molar-refractivity contribution in [3.8, 4) is 0 Å². The van der Waals surface area contributed by atoms with Crippen molar-refractivity contribution in [2.45, 2.75) is 38.2 Å². The predicted octanol–water partition coefficient (Wildman–Crippen LogP) is -0.115. The van der Waals surface area contributed by atoms with E-state index in [-0.39, 0.29) is 18.2 Å². The van der Waals surface area contributed by atoms with Gasteiger partial charge in [0.25, 0.3) is 0 Å². The average Bonchev–Trinajstić information content (AvgIpc) is 2.99. The maximum absolute atomic E-state index is 12.1. The Hall–Kier alpha value is -1.90. The number of nitrogens with one attached hydrogen (secondary N) is 1. The normalized spacial score (nSPS) is 15.3. The molecule has 2 rings (SSSR count). The van der Waals surface area contributed by atoms with Crippen LogP contribution >= 0.6 is 0 Å². The second-order valence-corrected chi connectivity index (χ2v) is 6.28. The number of methoxy groups -OCH3 is 1. The fourth-order valence-electron chi connectivity index (χ4n) is 2.88. The predicted molar refractivity (Wildman–Crippen MR) is 93.4 cm³/mol. The van der Waals surface area contributed by atoms with E-state index in [1.54, 1.807) is 12.0 Å². The molecule has 0 aromatic heterocycles. The van der Waals surface area contributed by atoms with Crippen molar-refractivity contribution in [2.24, 2.45) is 0 Å². The van der Waals surface area contributed by atoms with E-state index in [1.165, 1.54) is 0 Å². The molecule has 1 fully saturated rings. The number of carbonyl (C=O) groups is 2. The molecule has 1 unspecified atom stereocenters. The largest absolute Gasteiger partial charge is 0.475 e. The molecule has 1 aromatic rings. The van der Waals surface area contributed by atoms with E-state index in [0.717, 1.165) is 17.5 Å². The molecule has 7 nitrogen and oxygen atoms in total. The molecule has 0 aliphatic carbocycles. The van der Waals surface area contributed by atoms with Crippen LogP contribution in [0.2, 0.25) is 0 Å². The number of benzene rings is 1.